The van der Waals surface area contributed by atoms with E-state index in [1.807, 2.05) is 12.4 Å². The molecule has 0 saturated carbocycles. The molecule has 2 N–H and O–H groups in total. The fourth-order valence-electron chi connectivity index (χ4n) is 2.69. The van der Waals surface area contributed by atoms with Crippen molar-refractivity contribution >= 4 is 22.9 Å². The number of nitrogens with zero attached hydrogens (tertiary/aromatic N) is 2. The predicted molar refractivity (Wildman–Crippen MR) is 81.7 cm³/mol. The number of piperidine rings is 1. The van der Waals surface area contributed by atoms with Crippen LogP contribution < -0.4 is 10.6 Å². The maximum atomic E-state index is 11.2. The van der Waals surface area contributed by atoms with Gasteiger partial charge in [0.15, 0.2) is 0 Å². The molecule has 20 heavy (non-hydrogen) atoms. The molecule has 1 amide bonds. The molecule has 0 aromatic carbocycles. The monoisotopic (exact) mass is 287 g/mol. The average Bonchev–Trinajstić information content (AvgIpc) is 3.01. The summed E-state index contributed by atoms with van der Waals surface area (Å²) in [5, 5.41) is 2.07. The third kappa shape index (κ3) is 2.54. The fourth-order valence-corrected chi connectivity index (χ4v) is 3.43. The van der Waals surface area contributed by atoms with Gasteiger partial charge in [-0.1, -0.05) is 6.07 Å². The molecule has 0 unspecified atom stereocenters. The lowest BCUT2D eigenvalue weighted by atomic mass is 9.95. The summed E-state index contributed by atoms with van der Waals surface area (Å²) in [6.45, 7) is 1.74. The van der Waals surface area contributed by atoms with Crippen molar-refractivity contribution < 1.29 is 4.79 Å². The van der Waals surface area contributed by atoms with Crippen LogP contribution in [0.15, 0.2) is 36.0 Å². The second-order valence-electron chi connectivity index (χ2n) is 5.03. The van der Waals surface area contributed by atoms with Crippen molar-refractivity contribution in [2.75, 3.05) is 18.0 Å². The molecule has 3 rings (SSSR count). The number of hydrogen-bond donors (Lipinski definition) is 1. The molecule has 2 aromatic rings. The van der Waals surface area contributed by atoms with Gasteiger partial charge in [-0.05, 0) is 30.4 Å². The highest BCUT2D eigenvalue weighted by molar-refractivity contribution is 7.13. The molecule has 0 atom stereocenters. The van der Waals surface area contributed by atoms with Gasteiger partial charge in [0, 0.05) is 47.5 Å². The minimum absolute atomic E-state index is 0.0262. The van der Waals surface area contributed by atoms with Crippen molar-refractivity contribution in [1.29, 1.82) is 0 Å². The summed E-state index contributed by atoms with van der Waals surface area (Å²) in [5.74, 6) is -0.142. The van der Waals surface area contributed by atoms with E-state index in [0.717, 1.165) is 25.9 Å². The van der Waals surface area contributed by atoms with Crippen LogP contribution in [0.4, 0.5) is 5.69 Å². The van der Waals surface area contributed by atoms with Gasteiger partial charge in [-0.25, -0.2) is 0 Å². The van der Waals surface area contributed by atoms with Crippen LogP contribution in [0.1, 0.15) is 12.8 Å². The topological polar surface area (TPSA) is 59.2 Å². The van der Waals surface area contributed by atoms with Crippen molar-refractivity contribution in [2.24, 2.45) is 11.7 Å². The predicted octanol–water partition coefficient (Wildman–Crippen LogP) is 2.51. The molecule has 4 nitrogen and oxygen atoms in total. The van der Waals surface area contributed by atoms with Gasteiger partial charge in [0.2, 0.25) is 5.91 Å². The van der Waals surface area contributed by atoms with E-state index in [-0.39, 0.29) is 11.8 Å². The molecule has 1 fully saturated rings. The number of rotatable bonds is 3. The number of pyridine rings is 1. The number of carbonyl (C=O) groups excluding carboxylic acids is 1. The van der Waals surface area contributed by atoms with Crippen LogP contribution in [0.3, 0.4) is 0 Å². The number of thiophene rings is 1. The highest BCUT2D eigenvalue weighted by Gasteiger charge is 2.24. The van der Waals surface area contributed by atoms with E-state index >= 15 is 0 Å². The molecule has 2 aromatic heterocycles. The summed E-state index contributed by atoms with van der Waals surface area (Å²) < 4.78 is 0. The average molecular weight is 287 g/mol. The first kappa shape index (κ1) is 13.1. The first-order valence-corrected chi connectivity index (χ1v) is 7.66. The van der Waals surface area contributed by atoms with Crippen molar-refractivity contribution in [3.05, 3.63) is 36.0 Å². The molecular weight excluding hydrogens is 270 g/mol. The summed E-state index contributed by atoms with van der Waals surface area (Å²) in [6.07, 6.45) is 5.41. The molecule has 0 spiro atoms. The SMILES string of the molecule is NC(=O)C1CCN(c2ccncc2-c2cccs2)CC1. The smallest absolute Gasteiger partial charge is 0.220 e. The Bertz CT molecular complexity index is 589. The summed E-state index contributed by atoms with van der Waals surface area (Å²) in [7, 11) is 0. The second-order valence-corrected chi connectivity index (χ2v) is 5.98. The zero-order valence-corrected chi connectivity index (χ0v) is 12.0. The first-order chi connectivity index (χ1) is 9.75. The van der Waals surface area contributed by atoms with Crippen molar-refractivity contribution in [1.82, 2.24) is 4.98 Å². The van der Waals surface area contributed by atoms with Crippen LogP contribution in [-0.4, -0.2) is 24.0 Å². The van der Waals surface area contributed by atoms with Gasteiger partial charge >= 0.3 is 0 Å². The number of hydrogen-bond acceptors (Lipinski definition) is 4. The van der Waals surface area contributed by atoms with Gasteiger partial charge in [-0.15, -0.1) is 11.3 Å². The molecule has 104 valence electrons. The van der Waals surface area contributed by atoms with E-state index in [1.165, 1.54) is 16.1 Å². The number of carbonyl (C=O) groups is 1. The first-order valence-electron chi connectivity index (χ1n) is 6.78. The molecule has 1 saturated heterocycles. The summed E-state index contributed by atoms with van der Waals surface area (Å²) >= 11 is 1.72. The lowest BCUT2D eigenvalue weighted by molar-refractivity contribution is -0.122. The Morgan fingerprint density at radius 1 is 1.35 bits per heavy atom. The maximum Gasteiger partial charge on any atom is 0.220 e. The minimum Gasteiger partial charge on any atom is -0.371 e. The molecule has 0 bridgehead atoms. The van der Waals surface area contributed by atoms with Gasteiger partial charge in [0.05, 0.1) is 0 Å². The molecule has 0 aliphatic carbocycles. The maximum absolute atomic E-state index is 11.2. The molecular formula is C15H17N3OS. The van der Waals surface area contributed by atoms with Crippen molar-refractivity contribution in [3.63, 3.8) is 0 Å². The molecule has 0 radical (unpaired) electrons. The Morgan fingerprint density at radius 3 is 2.80 bits per heavy atom. The fraction of sp³-hybridized carbons (Fsp3) is 0.333. The van der Waals surface area contributed by atoms with Crippen LogP contribution in [-0.2, 0) is 4.79 Å². The Kier molecular flexibility index (Phi) is 3.69. The van der Waals surface area contributed by atoms with Crippen molar-refractivity contribution in [3.8, 4) is 10.4 Å². The van der Waals surface area contributed by atoms with Crippen LogP contribution in [0.5, 0.6) is 0 Å². The quantitative estimate of drug-likeness (QED) is 0.943. The Balaban J connectivity index is 1.83. The summed E-state index contributed by atoms with van der Waals surface area (Å²) in [6, 6.07) is 6.22. The van der Waals surface area contributed by atoms with E-state index in [0.29, 0.717) is 0 Å². The Hall–Kier alpha value is -1.88. The van der Waals surface area contributed by atoms with Gasteiger partial charge in [0.1, 0.15) is 0 Å². The van der Waals surface area contributed by atoms with E-state index in [9.17, 15) is 4.79 Å². The van der Waals surface area contributed by atoms with Crippen LogP contribution in [0.2, 0.25) is 0 Å². The summed E-state index contributed by atoms with van der Waals surface area (Å²) in [4.78, 5) is 19.0. The van der Waals surface area contributed by atoms with Gasteiger partial charge in [0.25, 0.3) is 0 Å². The lowest BCUT2D eigenvalue weighted by Gasteiger charge is -2.33. The number of amides is 1. The Morgan fingerprint density at radius 2 is 2.15 bits per heavy atom. The third-order valence-electron chi connectivity index (χ3n) is 3.82. The molecule has 1 aliphatic heterocycles. The number of anilines is 1. The number of nitrogens with two attached hydrogens (primary N) is 1. The van der Waals surface area contributed by atoms with Gasteiger partial charge in [-0.2, -0.15) is 0 Å². The normalized spacial score (nSPS) is 16.3. The van der Waals surface area contributed by atoms with Crippen LogP contribution in [0.25, 0.3) is 10.4 Å². The summed E-state index contributed by atoms with van der Waals surface area (Å²) in [5.41, 5.74) is 7.76. The zero-order chi connectivity index (χ0) is 13.9. The van der Waals surface area contributed by atoms with E-state index in [2.05, 4.69) is 33.5 Å². The molecule has 5 heteroatoms. The third-order valence-corrected chi connectivity index (χ3v) is 4.73. The van der Waals surface area contributed by atoms with Crippen LogP contribution >= 0.6 is 11.3 Å². The lowest BCUT2D eigenvalue weighted by Crippen LogP contribution is -2.38. The zero-order valence-electron chi connectivity index (χ0n) is 11.2. The standard InChI is InChI=1S/C15H17N3OS/c16-15(19)11-4-7-18(8-5-11)13-3-6-17-10-12(13)14-2-1-9-20-14/h1-3,6,9-11H,4-5,7-8H2,(H2,16,19). The number of aromatic nitrogens is 1. The second kappa shape index (κ2) is 5.63. The number of primary amides is 1. The minimum atomic E-state index is -0.169. The largest absolute Gasteiger partial charge is 0.371 e. The highest BCUT2D eigenvalue weighted by atomic mass is 32.1. The van der Waals surface area contributed by atoms with E-state index in [1.54, 1.807) is 11.3 Å². The molecule has 3 heterocycles. The van der Waals surface area contributed by atoms with E-state index < -0.39 is 0 Å². The molecule has 1 aliphatic rings. The van der Waals surface area contributed by atoms with Crippen molar-refractivity contribution in [2.45, 2.75) is 12.8 Å². The Labute approximate surface area is 122 Å². The highest BCUT2D eigenvalue weighted by Crippen LogP contribution is 2.34. The van der Waals surface area contributed by atoms with E-state index in [4.69, 9.17) is 5.73 Å². The van der Waals surface area contributed by atoms with Gasteiger partial charge in [-0.3, -0.25) is 9.78 Å². The van der Waals surface area contributed by atoms with Gasteiger partial charge < -0.3 is 10.6 Å². The van der Waals surface area contributed by atoms with Crippen LogP contribution in [0, 0.1) is 5.92 Å².